The molecule has 1 aliphatic heterocycles. The van der Waals surface area contributed by atoms with Gasteiger partial charge in [-0.1, -0.05) is 36.4 Å². The zero-order valence-corrected chi connectivity index (χ0v) is 20.9. The van der Waals surface area contributed by atoms with Crippen molar-refractivity contribution in [2.24, 2.45) is 5.73 Å². The van der Waals surface area contributed by atoms with Gasteiger partial charge in [0.1, 0.15) is 17.7 Å². The van der Waals surface area contributed by atoms with Crippen molar-refractivity contribution < 1.29 is 4.74 Å². The molecule has 3 aromatic carbocycles. The maximum absolute atomic E-state index is 12.9. The molecule has 1 aromatic heterocycles. The summed E-state index contributed by atoms with van der Waals surface area (Å²) in [6.07, 6.45) is 1.90. The standard InChI is InChI=1S/C30H31N5O2/c1-20(31)34-14-12-26(13-15-34)37-27-9-10-28-24(18-27)8-11-29(36)35(28)19-21-4-2-5-22(16-21)23-6-3-7-25(17-23)30(32)33/h2-11,16-18,26,31H,12-15,19H2,1H3,(H3,32,33). The number of aromatic nitrogens is 1. The van der Waals surface area contributed by atoms with Gasteiger partial charge in [0.05, 0.1) is 17.9 Å². The molecule has 1 aliphatic rings. The molecule has 4 N–H and O–H groups in total. The van der Waals surface area contributed by atoms with Gasteiger partial charge in [0, 0.05) is 42.9 Å². The normalized spacial score (nSPS) is 14.0. The lowest BCUT2D eigenvalue weighted by Gasteiger charge is -2.32. The zero-order valence-electron chi connectivity index (χ0n) is 20.9. The fourth-order valence-corrected chi connectivity index (χ4v) is 4.92. The molecule has 0 amide bonds. The number of nitrogen functional groups attached to an aromatic ring is 1. The Balaban J connectivity index is 1.38. The van der Waals surface area contributed by atoms with Crippen LogP contribution in [0.3, 0.4) is 0 Å². The highest BCUT2D eigenvalue weighted by Crippen LogP contribution is 2.25. The van der Waals surface area contributed by atoms with Crippen LogP contribution < -0.4 is 16.0 Å². The average Bonchev–Trinajstić information content (AvgIpc) is 2.91. The second-order valence-corrected chi connectivity index (χ2v) is 9.56. The Labute approximate surface area is 216 Å². The largest absolute Gasteiger partial charge is 0.490 e. The van der Waals surface area contributed by atoms with Gasteiger partial charge < -0.3 is 19.9 Å². The van der Waals surface area contributed by atoms with Gasteiger partial charge in [0.15, 0.2) is 0 Å². The van der Waals surface area contributed by atoms with Gasteiger partial charge in [-0.3, -0.25) is 15.6 Å². The number of pyridine rings is 1. The van der Waals surface area contributed by atoms with Gasteiger partial charge in [-0.05, 0) is 60.0 Å². The van der Waals surface area contributed by atoms with Crippen molar-refractivity contribution in [2.45, 2.75) is 32.4 Å². The lowest BCUT2D eigenvalue weighted by molar-refractivity contribution is 0.130. The van der Waals surface area contributed by atoms with Crippen LogP contribution in [0.5, 0.6) is 5.75 Å². The molecule has 4 aromatic rings. The Morgan fingerprint density at radius 1 is 0.946 bits per heavy atom. The van der Waals surface area contributed by atoms with E-state index in [0.29, 0.717) is 17.9 Å². The summed E-state index contributed by atoms with van der Waals surface area (Å²) < 4.78 is 8.05. The first-order valence-corrected chi connectivity index (χ1v) is 12.5. The predicted octanol–water partition coefficient (Wildman–Crippen LogP) is 4.84. The molecule has 1 saturated heterocycles. The lowest BCUT2D eigenvalue weighted by Crippen LogP contribution is -2.40. The van der Waals surface area contributed by atoms with E-state index in [1.54, 1.807) is 10.6 Å². The van der Waals surface area contributed by atoms with Crippen LogP contribution in [0.15, 0.2) is 83.7 Å². The number of amidine groups is 2. The SMILES string of the molecule is CC(=N)N1CCC(Oc2ccc3c(ccc(=O)n3Cc3cccc(-c4cccc(C(=N)N)c4)c3)c2)CC1. The van der Waals surface area contributed by atoms with Crippen LogP contribution in [0.1, 0.15) is 30.9 Å². The summed E-state index contributed by atoms with van der Waals surface area (Å²) in [7, 11) is 0. The molecule has 0 radical (unpaired) electrons. The van der Waals surface area contributed by atoms with E-state index in [-0.39, 0.29) is 17.5 Å². The zero-order chi connectivity index (χ0) is 25.9. The summed E-state index contributed by atoms with van der Waals surface area (Å²) in [6, 6.07) is 25.1. The number of hydrogen-bond acceptors (Lipinski definition) is 4. The van der Waals surface area contributed by atoms with Crippen molar-refractivity contribution in [1.29, 1.82) is 10.8 Å². The van der Waals surface area contributed by atoms with Crippen molar-refractivity contribution in [1.82, 2.24) is 9.47 Å². The first-order valence-electron chi connectivity index (χ1n) is 12.5. The minimum absolute atomic E-state index is 0.0376. The number of fused-ring (bicyclic) bond motifs is 1. The summed E-state index contributed by atoms with van der Waals surface area (Å²) in [6.45, 7) is 3.95. The molecule has 37 heavy (non-hydrogen) atoms. The minimum atomic E-state index is -0.0560. The van der Waals surface area contributed by atoms with Gasteiger partial charge in [0.25, 0.3) is 5.56 Å². The second-order valence-electron chi connectivity index (χ2n) is 9.56. The Hall–Kier alpha value is -4.39. The number of rotatable bonds is 6. The summed E-state index contributed by atoms with van der Waals surface area (Å²) in [5.41, 5.74) is 10.1. The molecule has 7 heteroatoms. The third-order valence-electron chi connectivity index (χ3n) is 6.95. The number of nitrogens with zero attached hydrogens (tertiary/aromatic N) is 2. The molecular formula is C30H31N5O2. The number of ether oxygens (including phenoxy) is 1. The molecule has 0 saturated carbocycles. The van der Waals surface area contributed by atoms with E-state index in [1.807, 2.05) is 73.7 Å². The molecule has 0 unspecified atom stereocenters. The predicted molar refractivity (Wildman–Crippen MR) is 149 cm³/mol. The summed E-state index contributed by atoms with van der Waals surface area (Å²) in [5.74, 6) is 1.45. The summed E-state index contributed by atoms with van der Waals surface area (Å²) >= 11 is 0. The maximum Gasteiger partial charge on any atom is 0.251 e. The topological polar surface area (TPSA) is 108 Å². The molecule has 0 spiro atoms. The van der Waals surface area contributed by atoms with Crippen LogP contribution in [0.4, 0.5) is 0 Å². The summed E-state index contributed by atoms with van der Waals surface area (Å²) in [5, 5.41) is 16.5. The number of hydrogen-bond donors (Lipinski definition) is 3. The number of piperidine rings is 1. The molecule has 0 aliphatic carbocycles. The first kappa shape index (κ1) is 24.3. The van der Waals surface area contributed by atoms with E-state index in [4.69, 9.17) is 21.3 Å². The minimum Gasteiger partial charge on any atom is -0.490 e. The van der Waals surface area contributed by atoms with E-state index < -0.39 is 0 Å². The third kappa shape index (κ3) is 5.40. The monoisotopic (exact) mass is 493 g/mol. The van der Waals surface area contributed by atoms with Crippen LogP contribution in [0.25, 0.3) is 22.0 Å². The number of nitrogens with one attached hydrogen (secondary N) is 2. The fourth-order valence-electron chi connectivity index (χ4n) is 4.92. The lowest BCUT2D eigenvalue weighted by atomic mass is 10.0. The van der Waals surface area contributed by atoms with E-state index in [2.05, 4.69) is 11.0 Å². The Bertz CT molecular complexity index is 1530. The van der Waals surface area contributed by atoms with Crippen molar-refractivity contribution in [3.63, 3.8) is 0 Å². The van der Waals surface area contributed by atoms with Gasteiger partial charge in [0.2, 0.25) is 0 Å². The average molecular weight is 494 g/mol. The highest BCUT2D eigenvalue weighted by molar-refractivity contribution is 5.96. The van der Waals surface area contributed by atoms with Gasteiger partial charge in [-0.2, -0.15) is 0 Å². The van der Waals surface area contributed by atoms with Gasteiger partial charge in [-0.15, -0.1) is 0 Å². The van der Waals surface area contributed by atoms with Crippen molar-refractivity contribution in [3.05, 3.63) is 100 Å². The van der Waals surface area contributed by atoms with Crippen LogP contribution >= 0.6 is 0 Å². The smallest absolute Gasteiger partial charge is 0.251 e. The Kier molecular flexibility index (Phi) is 6.77. The van der Waals surface area contributed by atoms with E-state index in [0.717, 1.165) is 59.3 Å². The number of likely N-dealkylation sites (tertiary alicyclic amines) is 1. The molecule has 5 rings (SSSR count). The van der Waals surface area contributed by atoms with Crippen molar-refractivity contribution in [2.75, 3.05) is 13.1 Å². The van der Waals surface area contributed by atoms with E-state index in [9.17, 15) is 4.79 Å². The first-order chi connectivity index (χ1) is 17.9. The van der Waals surface area contributed by atoms with Crippen molar-refractivity contribution >= 4 is 22.6 Å². The maximum atomic E-state index is 12.9. The third-order valence-corrected chi connectivity index (χ3v) is 6.95. The molecule has 0 atom stereocenters. The molecule has 0 bridgehead atoms. The highest BCUT2D eigenvalue weighted by atomic mass is 16.5. The second kappa shape index (κ2) is 10.3. The van der Waals surface area contributed by atoms with Crippen LogP contribution in [0, 0.1) is 10.8 Å². The highest BCUT2D eigenvalue weighted by Gasteiger charge is 2.21. The quantitative estimate of drug-likeness (QED) is 0.264. The Morgan fingerprint density at radius 3 is 2.41 bits per heavy atom. The van der Waals surface area contributed by atoms with Crippen LogP contribution in [0.2, 0.25) is 0 Å². The van der Waals surface area contributed by atoms with Gasteiger partial charge >= 0.3 is 0 Å². The van der Waals surface area contributed by atoms with Crippen molar-refractivity contribution in [3.8, 4) is 16.9 Å². The van der Waals surface area contributed by atoms with E-state index >= 15 is 0 Å². The van der Waals surface area contributed by atoms with Crippen LogP contribution in [-0.4, -0.2) is 40.3 Å². The Morgan fingerprint density at radius 2 is 1.68 bits per heavy atom. The van der Waals surface area contributed by atoms with E-state index in [1.165, 1.54) is 0 Å². The molecule has 2 heterocycles. The molecule has 1 fully saturated rings. The number of benzene rings is 3. The van der Waals surface area contributed by atoms with Crippen LogP contribution in [-0.2, 0) is 6.54 Å². The fraction of sp³-hybridized carbons (Fsp3) is 0.233. The number of nitrogens with two attached hydrogens (primary N) is 1. The van der Waals surface area contributed by atoms with Gasteiger partial charge in [-0.25, -0.2) is 0 Å². The molecule has 188 valence electrons. The molecular weight excluding hydrogens is 462 g/mol. The molecule has 7 nitrogen and oxygen atoms in total. The summed E-state index contributed by atoms with van der Waals surface area (Å²) in [4.78, 5) is 14.9.